The summed E-state index contributed by atoms with van der Waals surface area (Å²) in [7, 11) is 2.06. The lowest BCUT2D eigenvalue weighted by atomic mass is 9.93. The van der Waals surface area contributed by atoms with Crippen LogP contribution >= 0.6 is 0 Å². The minimum Gasteiger partial charge on any atom is -0.392 e. The molecule has 3 aliphatic heterocycles. The Morgan fingerprint density at radius 1 is 1.02 bits per heavy atom. The average molecular weight is 580 g/mol. The van der Waals surface area contributed by atoms with Crippen LogP contribution in [0.4, 0.5) is 11.4 Å². The maximum atomic E-state index is 13.7. The molecule has 4 aliphatic rings. The van der Waals surface area contributed by atoms with E-state index in [0.717, 1.165) is 85.3 Å². The first-order valence-electron chi connectivity index (χ1n) is 15.6. The Hall–Kier alpha value is -3.85. The molecular formula is C35H41N5O3. The number of ether oxygens (including phenoxy) is 1. The summed E-state index contributed by atoms with van der Waals surface area (Å²) in [5.74, 6) is 1.58. The number of rotatable bonds is 8. The number of aliphatic hydroxyl groups is 1. The summed E-state index contributed by atoms with van der Waals surface area (Å²) in [5.41, 5.74) is 8.20. The van der Waals surface area contributed by atoms with Gasteiger partial charge in [-0.15, -0.1) is 0 Å². The van der Waals surface area contributed by atoms with Crippen LogP contribution in [0.15, 0.2) is 72.7 Å². The number of nitrogens with zero attached hydrogens (tertiary/aromatic N) is 3. The Balaban J connectivity index is 1.07. The summed E-state index contributed by atoms with van der Waals surface area (Å²) >= 11 is 0. The van der Waals surface area contributed by atoms with E-state index in [2.05, 4.69) is 76.1 Å². The molecule has 3 aromatic carbocycles. The van der Waals surface area contributed by atoms with Crippen molar-refractivity contribution in [2.75, 3.05) is 56.7 Å². The molecule has 1 atom stereocenters. The van der Waals surface area contributed by atoms with Crippen LogP contribution in [0.2, 0.25) is 0 Å². The van der Waals surface area contributed by atoms with Crippen molar-refractivity contribution in [1.82, 2.24) is 15.1 Å². The fourth-order valence-corrected chi connectivity index (χ4v) is 6.70. The van der Waals surface area contributed by atoms with Gasteiger partial charge in [0, 0.05) is 68.5 Å². The van der Waals surface area contributed by atoms with Gasteiger partial charge < -0.3 is 30.3 Å². The van der Waals surface area contributed by atoms with Crippen LogP contribution in [-0.4, -0.2) is 67.3 Å². The van der Waals surface area contributed by atoms with Gasteiger partial charge in [-0.1, -0.05) is 36.4 Å². The number of carbonyl (C=O) groups is 1. The molecule has 1 unspecified atom stereocenters. The van der Waals surface area contributed by atoms with Gasteiger partial charge in [0.1, 0.15) is 5.82 Å². The highest BCUT2D eigenvalue weighted by molar-refractivity contribution is 6.08. The van der Waals surface area contributed by atoms with Gasteiger partial charge in [-0.2, -0.15) is 0 Å². The second-order valence-electron chi connectivity index (χ2n) is 12.3. The lowest BCUT2D eigenvalue weighted by Gasteiger charge is -2.35. The SMILES string of the molecule is CN1C=C(Nc2ccc(CN3CCOCC3)cc2)NC(c2cccc(N3CCc4cc(C5CC5)ccc4C3=O)c2CO)C1. The molecule has 0 bridgehead atoms. The molecule has 1 aliphatic carbocycles. The van der Waals surface area contributed by atoms with Crippen LogP contribution in [0.1, 0.15) is 63.0 Å². The molecule has 3 N–H and O–H groups in total. The van der Waals surface area contributed by atoms with Crippen LogP contribution in [0, 0.1) is 0 Å². The maximum absolute atomic E-state index is 13.7. The van der Waals surface area contributed by atoms with E-state index < -0.39 is 0 Å². The van der Waals surface area contributed by atoms with Gasteiger partial charge in [0.25, 0.3) is 5.91 Å². The molecule has 224 valence electrons. The van der Waals surface area contributed by atoms with Crippen molar-refractivity contribution in [3.63, 3.8) is 0 Å². The van der Waals surface area contributed by atoms with Gasteiger partial charge in [-0.3, -0.25) is 9.69 Å². The summed E-state index contributed by atoms with van der Waals surface area (Å²) in [6.07, 6.45) is 5.40. The molecule has 2 fully saturated rings. The number of nitrogens with one attached hydrogen (secondary N) is 2. The Kier molecular flexibility index (Phi) is 7.82. The number of hydrogen-bond donors (Lipinski definition) is 3. The van der Waals surface area contributed by atoms with Crippen LogP contribution in [0.5, 0.6) is 0 Å². The molecular weight excluding hydrogens is 538 g/mol. The molecule has 1 saturated heterocycles. The molecule has 7 rings (SSSR count). The van der Waals surface area contributed by atoms with E-state index >= 15 is 0 Å². The van der Waals surface area contributed by atoms with Gasteiger partial charge in [0.05, 0.1) is 25.9 Å². The monoisotopic (exact) mass is 579 g/mol. The summed E-state index contributed by atoms with van der Waals surface area (Å²) in [6.45, 7) is 5.70. The number of anilines is 2. The number of hydrogen-bond acceptors (Lipinski definition) is 7. The predicted octanol–water partition coefficient (Wildman–Crippen LogP) is 4.58. The third kappa shape index (κ3) is 6.00. The van der Waals surface area contributed by atoms with E-state index in [-0.39, 0.29) is 18.6 Å². The molecule has 8 nitrogen and oxygen atoms in total. The molecule has 1 amide bonds. The van der Waals surface area contributed by atoms with E-state index in [9.17, 15) is 9.90 Å². The normalized spacial score (nSPS) is 20.8. The van der Waals surface area contributed by atoms with Gasteiger partial charge >= 0.3 is 0 Å². The van der Waals surface area contributed by atoms with Gasteiger partial charge in [0.2, 0.25) is 0 Å². The van der Waals surface area contributed by atoms with Crippen molar-refractivity contribution in [1.29, 1.82) is 0 Å². The topological polar surface area (TPSA) is 80.3 Å². The zero-order valence-corrected chi connectivity index (χ0v) is 24.9. The summed E-state index contributed by atoms with van der Waals surface area (Å²) in [5, 5.41) is 17.8. The number of benzene rings is 3. The minimum absolute atomic E-state index is 0.0171. The van der Waals surface area contributed by atoms with E-state index in [0.29, 0.717) is 12.5 Å². The lowest BCUT2D eigenvalue weighted by molar-refractivity contribution is 0.0342. The first-order chi connectivity index (χ1) is 21.1. The smallest absolute Gasteiger partial charge is 0.258 e. The number of likely N-dealkylation sites (N-methyl/N-ethyl adjacent to an activating group) is 1. The molecule has 1 saturated carbocycles. The van der Waals surface area contributed by atoms with Crippen LogP contribution in [0.25, 0.3) is 0 Å². The fourth-order valence-electron chi connectivity index (χ4n) is 6.70. The standard InChI is InChI=1S/C35H41N5O3/c1-38-21-32(37-34(22-38)36-28-10-5-24(6-11-28)20-39-15-17-43-18-16-39)30-3-2-4-33(31(30)23-41)40-14-13-27-19-26(25-7-8-25)9-12-29(27)35(40)42/h2-6,9-12,19,22,25,32,36-37,41H,7-8,13-18,20-21,23H2,1H3. The highest BCUT2D eigenvalue weighted by Gasteiger charge is 2.31. The number of amides is 1. The Morgan fingerprint density at radius 2 is 1.84 bits per heavy atom. The summed E-state index contributed by atoms with van der Waals surface area (Å²) in [4.78, 5) is 20.1. The van der Waals surface area contributed by atoms with Crippen molar-refractivity contribution in [2.24, 2.45) is 0 Å². The van der Waals surface area contributed by atoms with Crippen LogP contribution in [0.3, 0.4) is 0 Å². The highest BCUT2D eigenvalue weighted by atomic mass is 16.5. The quantitative estimate of drug-likeness (QED) is 0.361. The number of fused-ring (bicyclic) bond motifs is 1. The summed E-state index contributed by atoms with van der Waals surface area (Å²) < 4.78 is 5.47. The Morgan fingerprint density at radius 3 is 2.60 bits per heavy atom. The van der Waals surface area contributed by atoms with Crippen LogP contribution in [-0.2, 0) is 24.3 Å². The molecule has 0 radical (unpaired) electrons. The molecule has 0 spiro atoms. The van der Waals surface area contributed by atoms with Crippen molar-refractivity contribution in [3.8, 4) is 0 Å². The molecule has 43 heavy (non-hydrogen) atoms. The molecule has 3 heterocycles. The predicted molar refractivity (Wildman–Crippen MR) is 169 cm³/mol. The largest absolute Gasteiger partial charge is 0.392 e. The number of morpholine rings is 1. The minimum atomic E-state index is -0.137. The van der Waals surface area contributed by atoms with Crippen molar-refractivity contribution < 1.29 is 14.6 Å². The van der Waals surface area contributed by atoms with Crippen molar-refractivity contribution in [3.05, 3.63) is 106 Å². The maximum Gasteiger partial charge on any atom is 0.258 e. The highest BCUT2D eigenvalue weighted by Crippen LogP contribution is 2.41. The Labute approximate surface area is 253 Å². The number of aliphatic hydroxyl groups excluding tert-OH is 1. The third-order valence-corrected chi connectivity index (χ3v) is 9.16. The van der Waals surface area contributed by atoms with E-state index in [1.165, 1.54) is 24.0 Å². The number of carbonyl (C=O) groups excluding carboxylic acids is 1. The zero-order chi connectivity index (χ0) is 29.3. The molecule has 3 aromatic rings. The van der Waals surface area contributed by atoms with E-state index in [4.69, 9.17) is 4.74 Å². The van der Waals surface area contributed by atoms with E-state index in [1.807, 2.05) is 23.1 Å². The molecule has 8 heteroatoms. The molecule has 0 aromatic heterocycles. The fraction of sp³-hybridized carbons (Fsp3) is 0.400. The van der Waals surface area contributed by atoms with Gasteiger partial charge in [0.15, 0.2) is 0 Å². The average Bonchev–Trinajstić information content (AvgIpc) is 3.88. The second kappa shape index (κ2) is 12.0. The third-order valence-electron chi connectivity index (χ3n) is 9.16. The summed E-state index contributed by atoms with van der Waals surface area (Å²) in [6, 6.07) is 20.9. The second-order valence-corrected chi connectivity index (χ2v) is 12.3. The van der Waals surface area contributed by atoms with Gasteiger partial charge in [-0.25, -0.2) is 0 Å². The first-order valence-corrected chi connectivity index (χ1v) is 15.6. The Bertz CT molecular complexity index is 1510. The van der Waals surface area contributed by atoms with Crippen LogP contribution < -0.4 is 15.5 Å². The zero-order valence-electron chi connectivity index (χ0n) is 24.9. The van der Waals surface area contributed by atoms with E-state index in [1.54, 1.807) is 0 Å². The van der Waals surface area contributed by atoms with Crippen molar-refractivity contribution >= 4 is 17.3 Å². The van der Waals surface area contributed by atoms with Gasteiger partial charge in [-0.05, 0) is 71.7 Å². The first kappa shape index (κ1) is 28.0. The van der Waals surface area contributed by atoms with Crippen molar-refractivity contribution in [2.45, 2.75) is 44.4 Å². The lowest BCUT2D eigenvalue weighted by Crippen LogP contribution is -2.40.